The number of carbonyl (C=O) groups is 2. The highest BCUT2D eigenvalue weighted by Crippen LogP contribution is 2.15. The van der Waals surface area contributed by atoms with Crippen LogP contribution < -0.4 is 10.6 Å². The summed E-state index contributed by atoms with van der Waals surface area (Å²) in [6.07, 6.45) is 0.280. The SMILES string of the molecule is CNC(=O)c1ccccc1NC(=O)Cc1ccc(C)cc1. The Hall–Kier alpha value is -2.62. The van der Waals surface area contributed by atoms with Crippen LogP contribution in [0.2, 0.25) is 0 Å². The molecule has 0 aliphatic heterocycles. The van der Waals surface area contributed by atoms with Crippen molar-refractivity contribution < 1.29 is 9.59 Å². The zero-order chi connectivity index (χ0) is 15.2. The van der Waals surface area contributed by atoms with Gasteiger partial charge in [-0.05, 0) is 24.6 Å². The van der Waals surface area contributed by atoms with E-state index in [0.717, 1.165) is 11.1 Å². The molecule has 2 N–H and O–H groups in total. The van der Waals surface area contributed by atoms with Crippen LogP contribution in [-0.4, -0.2) is 18.9 Å². The molecule has 0 radical (unpaired) electrons. The van der Waals surface area contributed by atoms with E-state index in [4.69, 9.17) is 0 Å². The summed E-state index contributed by atoms with van der Waals surface area (Å²) in [5, 5.41) is 5.35. The zero-order valence-electron chi connectivity index (χ0n) is 12.1. The largest absolute Gasteiger partial charge is 0.355 e. The predicted octanol–water partition coefficient (Wildman–Crippen LogP) is 2.54. The van der Waals surface area contributed by atoms with Crippen LogP contribution in [0.4, 0.5) is 5.69 Å². The van der Waals surface area contributed by atoms with E-state index in [9.17, 15) is 9.59 Å². The topological polar surface area (TPSA) is 58.2 Å². The molecule has 0 aliphatic rings. The molecule has 4 heteroatoms. The van der Waals surface area contributed by atoms with Gasteiger partial charge in [-0.2, -0.15) is 0 Å². The molecule has 2 amide bonds. The number of carbonyl (C=O) groups excluding carboxylic acids is 2. The van der Waals surface area contributed by atoms with E-state index in [1.807, 2.05) is 31.2 Å². The second-order valence-corrected chi connectivity index (χ2v) is 4.84. The molecule has 21 heavy (non-hydrogen) atoms. The minimum absolute atomic E-state index is 0.143. The molecule has 0 atom stereocenters. The lowest BCUT2D eigenvalue weighted by molar-refractivity contribution is -0.115. The van der Waals surface area contributed by atoms with Gasteiger partial charge in [0, 0.05) is 7.05 Å². The first kappa shape index (κ1) is 14.8. The molecule has 0 bridgehead atoms. The van der Waals surface area contributed by atoms with Gasteiger partial charge in [0.1, 0.15) is 0 Å². The van der Waals surface area contributed by atoms with Crippen molar-refractivity contribution in [3.63, 3.8) is 0 Å². The highest BCUT2D eigenvalue weighted by atomic mass is 16.2. The summed E-state index contributed by atoms with van der Waals surface area (Å²) in [5.41, 5.74) is 3.07. The Morgan fingerprint density at radius 3 is 2.33 bits per heavy atom. The first-order valence-electron chi connectivity index (χ1n) is 6.76. The van der Waals surface area contributed by atoms with Gasteiger partial charge in [0.05, 0.1) is 17.7 Å². The van der Waals surface area contributed by atoms with Crippen LogP contribution >= 0.6 is 0 Å². The molecular weight excluding hydrogens is 264 g/mol. The summed E-state index contributed by atoms with van der Waals surface area (Å²) in [6, 6.07) is 14.8. The Bertz CT molecular complexity index is 648. The zero-order valence-corrected chi connectivity index (χ0v) is 12.1. The number of para-hydroxylation sites is 1. The fourth-order valence-electron chi connectivity index (χ4n) is 2.01. The van der Waals surface area contributed by atoms with E-state index in [1.165, 1.54) is 0 Å². The highest BCUT2D eigenvalue weighted by molar-refractivity contribution is 6.03. The molecule has 2 aromatic rings. The summed E-state index contributed by atoms with van der Waals surface area (Å²) in [7, 11) is 1.56. The van der Waals surface area contributed by atoms with Crippen LogP contribution in [0.15, 0.2) is 48.5 Å². The number of amides is 2. The summed E-state index contributed by atoms with van der Waals surface area (Å²) >= 11 is 0. The van der Waals surface area contributed by atoms with Crippen LogP contribution in [0.3, 0.4) is 0 Å². The normalized spacial score (nSPS) is 10.0. The molecule has 2 aromatic carbocycles. The van der Waals surface area contributed by atoms with Crippen molar-refractivity contribution >= 4 is 17.5 Å². The van der Waals surface area contributed by atoms with Gasteiger partial charge in [-0.15, -0.1) is 0 Å². The van der Waals surface area contributed by atoms with E-state index in [2.05, 4.69) is 10.6 Å². The van der Waals surface area contributed by atoms with Crippen molar-refractivity contribution in [2.75, 3.05) is 12.4 Å². The third-order valence-corrected chi connectivity index (χ3v) is 3.16. The monoisotopic (exact) mass is 282 g/mol. The van der Waals surface area contributed by atoms with E-state index in [0.29, 0.717) is 11.3 Å². The van der Waals surface area contributed by atoms with Crippen LogP contribution in [0.25, 0.3) is 0 Å². The summed E-state index contributed by atoms with van der Waals surface area (Å²) in [4.78, 5) is 23.8. The first-order valence-corrected chi connectivity index (χ1v) is 6.76. The summed E-state index contributed by atoms with van der Waals surface area (Å²) in [5.74, 6) is -0.364. The maximum atomic E-state index is 12.1. The van der Waals surface area contributed by atoms with E-state index in [-0.39, 0.29) is 18.2 Å². The van der Waals surface area contributed by atoms with Gasteiger partial charge >= 0.3 is 0 Å². The van der Waals surface area contributed by atoms with Crippen molar-refractivity contribution in [2.24, 2.45) is 0 Å². The number of aryl methyl sites for hydroxylation is 1. The van der Waals surface area contributed by atoms with Crippen LogP contribution in [0.1, 0.15) is 21.5 Å². The van der Waals surface area contributed by atoms with Gasteiger partial charge in [0.2, 0.25) is 5.91 Å². The van der Waals surface area contributed by atoms with Crippen LogP contribution in [-0.2, 0) is 11.2 Å². The lowest BCUT2D eigenvalue weighted by atomic mass is 10.1. The van der Waals surface area contributed by atoms with Gasteiger partial charge in [-0.3, -0.25) is 9.59 Å². The minimum atomic E-state index is -0.221. The van der Waals surface area contributed by atoms with E-state index in [1.54, 1.807) is 31.3 Å². The molecule has 0 aliphatic carbocycles. The molecular formula is C17H18N2O2. The number of rotatable bonds is 4. The Morgan fingerprint density at radius 2 is 1.67 bits per heavy atom. The Morgan fingerprint density at radius 1 is 1.00 bits per heavy atom. The first-order chi connectivity index (χ1) is 10.1. The lowest BCUT2D eigenvalue weighted by Gasteiger charge is -2.10. The highest BCUT2D eigenvalue weighted by Gasteiger charge is 2.11. The van der Waals surface area contributed by atoms with Crippen molar-refractivity contribution in [3.8, 4) is 0 Å². The van der Waals surface area contributed by atoms with Gasteiger partial charge in [-0.25, -0.2) is 0 Å². The van der Waals surface area contributed by atoms with Crippen molar-refractivity contribution in [1.29, 1.82) is 0 Å². The van der Waals surface area contributed by atoms with Gasteiger partial charge < -0.3 is 10.6 Å². The molecule has 0 saturated heterocycles. The number of benzene rings is 2. The summed E-state index contributed by atoms with van der Waals surface area (Å²) in [6.45, 7) is 2.00. The maximum absolute atomic E-state index is 12.1. The molecule has 108 valence electrons. The van der Waals surface area contributed by atoms with E-state index < -0.39 is 0 Å². The average Bonchev–Trinajstić information content (AvgIpc) is 2.49. The molecule has 0 spiro atoms. The summed E-state index contributed by atoms with van der Waals surface area (Å²) < 4.78 is 0. The smallest absolute Gasteiger partial charge is 0.253 e. The van der Waals surface area contributed by atoms with Crippen molar-refractivity contribution in [2.45, 2.75) is 13.3 Å². The molecule has 2 rings (SSSR count). The molecule has 0 saturated carbocycles. The number of nitrogens with one attached hydrogen (secondary N) is 2. The molecule has 4 nitrogen and oxygen atoms in total. The third kappa shape index (κ3) is 3.92. The fraction of sp³-hybridized carbons (Fsp3) is 0.176. The second kappa shape index (κ2) is 6.70. The maximum Gasteiger partial charge on any atom is 0.253 e. The predicted molar refractivity (Wildman–Crippen MR) is 83.3 cm³/mol. The van der Waals surface area contributed by atoms with Gasteiger partial charge in [-0.1, -0.05) is 42.0 Å². The third-order valence-electron chi connectivity index (χ3n) is 3.16. The molecule has 0 fully saturated rings. The molecule has 0 aromatic heterocycles. The number of hydrogen-bond acceptors (Lipinski definition) is 2. The van der Waals surface area contributed by atoms with Gasteiger partial charge in [0.15, 0.2) is 0 Å². The lowest BCUT2D eigenvalue weighted by Crippen LogP contribution is -2.22. The van der Waals surface area contributed by atoms with Crippen molar-refractivity contribution in [1.82, 2.24) is 5.32 Å². The van der Waals surface area contributed by atoms with Crippen LogP contribution in [0, 0.1) is 6.92 Å². The molecule has 0 heterocycles. The fourth-order valence-corrected chi connectivity index (χ4v) is 2.01. The minimum Gasteiger partial charge on any atom is -0.355 e. The van der Waals surface area contributed by atoms with E-state index >= 15 is 0 Å². The Kier molecular flexibility index (Phi) is 4.72. The molecule has 0 unspecified atom stereocenters. The van der Waals surface area contributed by atoms with Crippen molar-refractivity contribution in [3.05, 3.63) is 65.2 Å². The number of anilines is 1. The average molecular weight is 282 g/mol. The second-order valence-electron chi connectivity index (χ2n) is 4.84. The quantitative estimate of drug-likeness (QED) is 0.905. The standard InChI is InChI=1S/C17H18N2O2/c1-12-7-9-13(10-8-12)11-16(20)19-15-6-4-3-5-14(15)17(21)18-2/h3-10H,11H2,1-2H3,(H,18,21)(H,19,20). The Labute approximate surface area is 124 Å². The number of hydrogen-bond donors (Lipinski definition) is 2. The van der Waals surface area contributed by atoms with Gasteiger partial charge in [0.25, 0.3) is 5.91 Å². The van der Waals surface area contributed by atoms with Crippen LogP contribution in [0.5, 0.6) is 0 Å². The Balaban J connectivity index is 2.09.